The molecular formula is C12H24N4. The van der Waals surface area contributed by atoms with Crippen molar-refractivity contribution in [3.05, 3.63) is 12.2 Å². The molecule has 4 heteroatoms. The number of nitrogens with zero attached hydrogens (tertiary/aromatic N) is 2. The van der Waals surface area contributed by atoms with Crippen molar-refractivity contribution in [3.8, 4) is 0 Å². The largest absolute Gasteiger partial charge is 0.321 e. The Hall–Kier alpha value is -0.900. The lowest BCUT2D eigenvalue weighted by Gasteiger charge is -2.07. The second-order valence-corrected chi connectivity index (χ2v) is 4.39. The number of hydrogen-bond donors (Lipinski definition) is 2. The minimum absolute atomic E-state index is 0.0261. The molecule has 0 radical (unpaired) electrons. The zero-order valence-electron chi connectivity index (χ0n) is 10.3. The van der Waals surface area contributed by atoms with E-state index in [2.05, 4.69) is 22.1 Å². The minimum Gasteiger partial charge on any atom is -0.321 e. The fourth-order valence-corrected chi connectivity index (χ4v) is 1.85. The molecule has 4 nitrogen and oxygen atoms in total. The number of aromatic nitrogens is 3. The lowest BCUT2D eigenvalue weighted by Crippen LogP contribution is -2.11. The molecule has 0 aliphatic rings. The van der Waals surface area contributed by atoms with Gasteiger partial charge in [-0.25, -0.2) is 4.98 Å². The number of rotatable bonds is 9. The third-order valence-electron chi connectivity index (χ3n) is 2.90. The average Bonchev–Trinajstić information content (AvgIpc) is 2.81. The Morgan fingerprint density at radius 2 is 1.88 bits per heavy atom. The molecule has 0 amide bonds. The molecule has 0 saturated carbocycles. The number of nitrogens with one attached hydrogen (secondary N) is 1. The van der Waals surface area contributed by atoms with Gasteiger partial charge in [0.2, 0.25) is 0 Å². The lowest BCUT2D eigenvalue weighted by molar-refractivity contribution is 0.529. The molecule has 1 heterocycles. The average molecular weight is 224 g/mol. The summed E-state index contributed by atoms with van der Waals surface area (Å²) in [4.78, 5) is 4.06. The van der Waals surface area contributed by atoms with Crippen LogP contribution < -0.4 is 5.73 Å². The molecule has 0 aromatic carbocycles. The van der Waals surface area contributed by atoms with Gasteiger partial charge in [0.15, 0.2) is 0 Å². The van der Waals surface area contributed by atoms with E-state index in [1.807, 2.05) is 0 Å². The highest BCUT2D eigenvalue weighted by molar-refractivity contribution is 4.88. The molecule has 1 aromatic rings. The van der Waals surface area contributed by atoms with Crippen LogP contribution in [0, 0.1) is 0 Å². The van der Waals surface area contributed by atoms with E-state index in [1.54, 1.807) is 0 Å². The normalized spacial score (nSPS) is 12.9. The molecule has 0 aliphatic heterocycles. The summed E-state index contributed by atoms with van der Waals surface area (Å²) in [5.74, 6) is 0.811. The quantitative estimate of drug-likeness (QED) is 0.634. The molecule has 1 atom stereocenters. The van der Waals surface area contributed by atoms with Gasteiger partial charge in [0, 0.05) is 0 Å². The number of H-pyrrole nitrogens is 1. The molecule has 0 fully saturated rings. The summed E-state index contributed by atoms with van der Waals surface area (Å²) in [6.07, 6.45) is 11.8. The highest BCUT2D eigenvalue weighted by Gasteiger charge is 2.07. The first-order chi connectivity index (χ1) is 7.84. The van der Waals surface area contributed by atoms with E-state index in [0.717, 1.165) is 12.2 Å². The predicted molar refractivity (Wildman–Crippen MR) is 65.9 cm³/mol. The van der Waals surface area contributed by atoms with Crippen molar-refractivity contribution >= 4 is 0 Å². The minimum atomic E-state index is 0.0261. The van der Waals surface area contributed by atoms with Gasteiger partial charge >= 0.3 is 0 Å². The molecule has 16 heavy (non-hydrogen) atoms. The van der Waals surface area contributed by atoms with Crippen LogP contribution in [0.15, 0.2) is 6.33 Å². The van der Waals surface area contributed by atoms with Crippen LogP contribution >= 0.6 is 0 Å². The van der Waals surface area contributed by atoms with Crippen LogP contribution in [-0.4, -0.2) is 15.2 Å². The Morgan fingerprint density at radius 3 is 2.50 bits per heavy atom. The Bertz CT molecular complexity index is 246. The lowest BCUT2D eigenvalue weighted by atomic mass is 10.1. The van der Waals surface area contributed by atoms with Crippen molar-refractivity contribution in [2.24, 2.45) is 5.73 Å². The van der Waals surface area contributed by atoms with Gasteiger partial charge in [-0.3, -0.25) is 5.10 Å². The fraction of sp³-hybridized carbons (Fsp3) is 0.833. The molecule has 3 N–H and O–H groups in total. The maximum atomic E-state index is 5.97. The predicted octanol–water partition coefficient (Wildman–Crippen LogP) is 2.95. The summed E-state index contributed by atoms with van der Waals surface area (Å²) in [5.41, 5.74) is 5.97. The maximum Gasteiger partial charge on any atom is 0.141 e. The standard InChI is InChI=1S/C12H24N4/c1-2-3-4-5-6-7-8-9-11(13)12-14-10-15-16-12/h10-11H,2-9,13H2,1H3,(H,14,15,16). The third-order valence-corrected chi connectivity index (χ3v) is 2.90. The van der Waals surface area contributed by atoms with E-state index in [0.29, 0.717) is 0 Å². The van der Waals surface area contributed by atoms with Crippen molar-refractivity contribution in [1.82, 2.24) is 15.2 Å². The second-order valence-electron chi connectivity index (χ2n) is 4.39. The first-order valence-electron chi connectivity index (χ1n) is 6.45. The van der Waals surface area contributed by atoms with E-state index in [4.69, 9.17) is 5.73 Å². The van der Waals surface area contributed by atoms with E-state index in [1.165, 1.54) is 51.3 Å². The van der Waals surface area contributed by atoms with Crippen LogP contribution in [0.3, 0.4) is 0 Å². The molecule has 1 aromatic heterocycles. The van der Waals surface area contributed by atoms with Gasteiger partial charge in [-0.1, -0.05) is 51.9 Å². The third kappa shape index (κ3) is 5.26. The summed E-state index contributed by atoms with van der Waals surface area (Å²) in [6, 6.07) is 0.0261. The zero-order chi connectivity index (χ0) is 11.6. The van der Waals surface area contributed by atoms with Crippen LogP contribution in [0.2, 0.25) is 0 Å². The first kappa shape index (κ1) is 13.2. The van der Waals surface area contributed by atoms with Gasteiger partial charge in [0.25, 0.3) is 0 Å². The highest BCUT2D eigenvalue weighted by Crippen LogP contribution is 2.14. The van der Waals surface area contributed by atoms with E-state index in [9.17, 15) is 0 Å². The van der Waals surface area contributed by atoms with Gasteiger partial charge in [0.05, 0.1) is 6.04 Å². The maximum absolute atomic E-state index is 5.97. The molecule has 0 aliphatic carbocycles. The number of unbranched alkanes of at least 4 members (excludes halogenated alkanes) is 6. The van der Waals surface area contributed by atoms with Gasteiger partial charge in [0.1, 0.15) is 12.2 Å². The van der Waals surface area contributed by atoms with Crippen LogP contribution in [0.25, 0.3) is 0 Å². The van der Waals surface area contributed by atoms with Gasteiger partial charge in [-0.2, -0.15) is 5.10 Å². The number of aromatic amines is 1. The molecule has 0 spiro atoms. The van der Waals surface area contributed by atoms with Crippen molar-refractivity contribution < 1.29 is 0 Å². The van der Waals surface area contributed by atoms with E-state index in [-0.39, 0.29) is 6.04 Å². The fourth-order valence-electron chi connectivity index (χ4n) is 1.85. The Morgan fingerprint density at radius 1 is 1.19 bits per heavy atom. The van der Waals surface area contributed by atoms with Crippen molar-refractivity contribution in [3.63, 3.8) is 0 Å². The van der Waals surface area contributed by atoms with Crippen LogP contribution in [0.4, 0.5) is 0 Å². The SMILES string of the molecule is CCCCCCCCCC(N)c1ncn[nH]1. The summed E-state index contributed by atoms with van der Waals surface area (Å²) in [5, 5.41) is 6.62. The summed E-state index contributed by atoms with van der Waals surface area (Å²) < 4.78 is 0. The van der Waals surface area contributed by atoms with E-state index >= 15 is 0 Å². The summed E-state index contributed by atoms with van der Waals surface area (Å²) in [6.45, 7) is 2.25. The van der Waals surface area contributed by atoms with Gasteiger partial charge in [-0.15, -0.1) is 0 Å². The molecule has 0 bridgehead atoms. The molecular weight excluding hydrogens is 200 g/mol. The smallest absolute Gasteiger partial charge is 0.141 e. The van der Waals surface area contributed by atoms with Crippen LogP contribution in [0.5, 0.6) is 0 Å². The summed E-state index contributed by atoms with van der Waals surface area (Å²) in [7, 11) is 0. The Labute approximate surface area is 98.0 Å². The highest BCUT2D eigenvalue weighted by atomic mass is 15.2. The Kier molecular flexibility index (Phi) is 6.81. The van der Waals surface area contributed by atoms with Crippen molar-refractivity contribution in [1.29, 1.82) is 0 Å². The second kappa shape index (κ2) is 8.28. The van der Waals surface area contributed by atoms with Crippen molar-refractivity contribution in [2.45, 2.75) is 64.3 Å². The molecule has 1 unspecified atom stereocenters. The molecule has 92 valence electrons. The van der Waals surface area contributed by atoms with Crippen molar-refractivity contribution in [2.75, 3.05) is 0 Å². The molecule has 1 rings (SSSR count). The Balaban J connectivity index is 1.95. The van der Waals surface area contributed by atoms with Crippen LogP contribution in [0.1, 0.15) is 70.2 Å². The monoisotopic (exact) mass is 224 g/mol. The number of hydrogen-bond acceptors (Lipinski definition) is 3. The van der Waals surface area contributed by atoms with Gasteiger partial charge < -0.3 is 5.73 Å². The zero-order valence-corrected chi connectivity index (χ0v) is 10.3. The van der Waals surface area contributed by atoms with Gasteiger partial charge in [-0.05, 0) is 6.42 Å². The molecule has 0 saturated heterocycles. The topological polar surface area (TPSA) is 67.6 Å². The first-order valence-corrected chi connectivity index (χ1v) is 6.45. The number of nitrogens with two attached hydrogens (primary N) is 1. The summed E-state index contributed by atoms with van der Waals surface area (Å²) >= 11 is 0. The van der Waals surface area contributed by atoms with E-state index < -0.39 is 0 Å². The van der Waals surface area contributed by atoms with Crippen LogP contribution in [-0.2, 0) is 0 Å².